The van der Waals surface area contributed by atoms with Gasteiger partial charge in [-0.25, -0.2) is 0 Å². The molecule has 0 bridgehead atoms. The molecule has 0 unspecified atom stereocenters. The van der Waals surface area contributed by atoms with E-state index in [1.807, 2.05) is 17.7 Å². The normalized spacial score (nSPS) is 10.9. The van der Waals surface area contributed by atoms with Gasteiger partial charge in [0, 0.05) is 12.2 Å². The van der Waals surface area contributed by atoms with E-state index in [9.17, 15) is 4.79 Å². The molecule has 4 nitrogen and oxygen atoms in total. The molecule has 0 aliphatic rings. The largest absolute Gasteiger partial charge is 0.481 e. The molecule has 0 amide bonds. The molecule has 4 heteroatoms. The van der Waals surface area contributed by atoms with Crippen LogP contribution in [0.1, 0.15) is 38.1 Å². The first-order valence-electron chi connectivity index (χ1n) is 4.83. The molecule has 1 heterocycles. The van der Waals surface area contributed by atoms with E-state index in [4.69, 9.17) is 5.11 Å². The minimum Gasteiger partial charge on any atom is -0.481 e. The van der Waals surface area contributed by atoms with E-state index in [0.29, 0.717) is 11.6 Å². The number of carboxylic acids is 1. The summed E-state index contributed by atoms with van der Waals surface area (Å²) in [7, 11) is 0. The van der Waals surface area contributed by atoms with Crippen molar-refractivity contribution in [2.24, 2.45) is 0 Å². The second-order valence-corrected chi connectivity index (χ2v) is 3.60. The molecule has 0 saturated carbocycles. The lowest BCUT2D eigenvalue weighted by molar-refractivity contribution is -0.136. The third-order valence-electron chi connectivity index (χ3n) is 2.09. The predicted octanol–water partition coefficient (Wildman–Crippen LogP) is 1.65. The summed E-state index contributed by atoms with van der Waals surface area (Å²) in [5.74, 6) is -0.453. The summed E-state index contributed by atoms with van der Waals surface area (Å²) in [6, 6.07) is 1.88. The van der Waals surface area contributed by atoms with Gasteiger partial charge in [-0.05, 0) is 18.9 Å². The fraction of sp³-hybridized carbons (Fsp3) is 0.600. The fourth-order valence-electron chi connectivity index (χ4n) is 1.45. The van der Waals surface area contributed by atoms with E-state index in [1.54, 1.807) is 0 Å². The van der Waals surface area contributed by atoms with Crippen LogP contribution in [0, 0.1) is 0 Å². The molecule has 1 rings (SSSR count). The van der Waals surface area contributed by atoms with Gasteiger partial charge in [-0.3, -0.25) is 9.48 Å². The van der Waals surface area contributed by atoms with E-state index in [-0.39, 0.29) is 6.42 Å². The number of aryl methyl sites for hydroxylation is 1. The Hall–Kier alpha value is -1.32. The molecule has 1 N–H and O–H groups in total. The predicted molar refractivity (Wildman–Crippen MR) is 53.3 cm³/mol. The summed E-state index contributed by atoms with van der Waals surface area (Å²) in [5, 5.41) is 12.9. The van der Waals surface area contributed by atoms with Gasteiger partial charge in [0.05, 0.1) is 12.1 Å². The van der Waals surface area contributed by atoms with Crippen LogP contribution in [0.3, 0.4) is 0 Å². The highest BCUT2D eigenvalue weighted by Crippen LogP contribution is 2.16. The Labute approximate surface area is 83.5 Å². The van der Waals surface area contributed by atoms with Crippen molar-refractivity contribution in [3.8, 4) is 0 Å². The van der Waals surface area contributed by atoms with Gasteiger partial charge >= 0.3 is 5.97 Å². The fourth-order valence-corrected chi connectivity index (χ4v) is 1.45. The molecule has 0 aliphatic heterocycles. The molecular formula is C10H16N2O2. The number of rotatable bonds is 4. The summed E-state index contributed by atoms with van der Waals surface area (Å²) in [5.41, 5.74) is 1.74. The van der Waals surface area contributed by atoms with Crippen molar-refractivity contribution in [2.75, 3.05) is 0 Å². The molecule has 1 aromatic heterocycles. The Morgan fingerprint density at radius 3 is 2.64 bits per heavy atom. The van der Waals surface area contributed by atoms with Crippen molar-refractivity contribution in [1.29, 1.82) is 0 Å². The van der Waals surface area contributed by atoms with E-state index in [2.05, 4.69) is 18.9 Å². The van der Waals surface area contributed by atoms with Gasteiger partial charge in [-0.1, -0.05) is 13.8 Å². The zero-order valence-corrected chi connectivity index (χ0v) is 8.82. The van der Waals surface area contributed by atoms with Crippen LogP contribution in [0.25, 0.3) is 0 Å². The van der Waals surface area contributed by atoms with Gasteiger partial charge in [0.2, 0.25) is 0 Å². The Morgan fingerprint density at radius 2 is 2.29 bits per heavy atom. The van der Waals surface area contributed by atoms with Gasteiger partial charge in [0.25, 0.3) is 0 Å². The van der Waals surface area contributed by atoms with Crippen LogP contribution < -0.4 is 0 Å². The summed E-state index contributed by atoms with van der Waals surface area (Å²) < 4.78 is 1.86. The Morgan fingerprint density at radius 1 is 1.64 bits per heavy atom. The van der Waals surface area contributed by atoms with Gasteiger partial charge in [0.15, 0.2) is 0 Å². The molecule has 14 heavy (non-hydrogen) atoms. The number of carbonyl (C=O) groups is 1. The lowest BCUT2D eigenvalue weighted by Crippen LogP contribution is -2.05. The van der Waals surface area contributed by atoms with Crippen molar-refractivity contribution in [1.82, 2.24) is 9.78 Å². The molecule has 0 aromatic carbocycles. The van der Waals surface area contributed by atoms with Crippen LogP contribution in [-0.2, 0) is 17.8 Å². The summed E-state index contributed by atoms with van der Waals surface area (Å²) in [6.07, 6.45) is 0.00667. The van der Waals surface area contributed by atoms with Crippen LogP contribution in [0.2, 0.25) is 0 Å². The maximum Gasteiger partial charge on any atom is 0.309 e. The number of hydrogen-bond acceptors (Lipinski definition) is 2. The topological polar surface area (TPSA) is 55.1 Å². The van der Waals surface area contributed by atoms with Crippen LogP contribution in [0.5, 0.6) is 0 Å². The lowest BCUT2D eigenvalue weighted by atomic mass is 10.1. The zero-order chi connectivity index (χ0) is 10.7. The smallest absolute Gasteiger partial charge is 0.309 e. The van der Waals surface area contributed by atoms with E-state index in [0.717, 1.165) is 12.2 Å². The Kier molecular flexibility index (Phi) is 3.28. The first kappa shape index (κ1) is 10.8. The average molecular weight is 196 g/mol. The first-order valence-corrected chi connectivity index (χ1v) is 4.83. The first-order chi connectivity index (χ1) is 6.54. The zero-order valence-electron chi connectivity index (χ0n) is 8.82. The number of carboxylic acid groups (broad SMARTS) is 1. The summed E-state index contributed by atoms with van der Waals surface area (Å²) >= 11 is 0. The molecular weight excluding hydrogens is 180 g/mol. The summed E-state index contributed by atoms with van der Waals surface area (Å²) in [6.45, 7) is 6.94. The number of aromatic nitrogens is 2. The van der Waals surface area contributed by atoms with Gasteiger partial charge < -0.3 is 5.11 Å². The van der Waals surface area contributed by atoms with Crippen molar-refractivity contribution < 1.29 is 9.90 Å². The van der Waals surface area contributed by atoms with Crippen molar-refractivity contribution in [3.63, 3.8) is 0 Å². The van der Waals surface area contributed by atoms with Gasteiger partial charge in [0.1, 0.15) is 0 Å². The van der Waals surface area contributed by atoms with E-state index in [1.165, 1.54) is 0 Å². The third-order valence-corrected chi connectivity index (χ3v) is 2.09. The number of aliphatic carboxylic acids is 1. The second-order valence-electron chi connectivity index (χ2n) is 3.60. The maximum absolute atomic E-state index is 10.5. The number of hydrogen-bond donors (Lipinski definition) is 1. The highest BCUT2D eigenvalue weighted by molar-refractivity contribution is 5.69. The average Bonchev–Trinajstić information content (AvgIpc) is 2.46. The standard InChI is InChI=1S/C10H16N2O2/c1-4-12-9(7(2)3)5-8(11-12)6-10(13)14/h5,7H,4,6H2,1-3H3,(H,13,14). The Balaban J connectivity index is 2.94. The van der Waals surface area contributed by atoms with Crippen LogP contribution in [-0.4, -0.2) is 20.9 Å². The van der Waals surface area contributed by atoms with Crippen molar-refractivity contribution in [2.45, 2.75) is 39.7 Å². The van der Waals surface area contributed by atoms with Gasteiger partial charge in [-0.2, -0.15) is 5.10 Å². The van der Waals surface area contributed by atoms with Crippen molar-refractivity contribution >= 4 is 5.97 Å². The molecule has 78 valence electrons. The lowest BCUT2D eigenvalue weighted by Gasteiger charge is -2.06. The van der Waals surface area contributed by atoms with Crippen LogP contribution in [0.15, 0.2) is 6.07 Å². The highest BCUT2D eigenvalue weighted by Gasteiger charge is 2.11. The van der Waals surface area contributed by atoms with E-state index >= 15 is 0 Å². The molecule has 0 aliphatic carbocycles. The maximum atomic E-state index is 10.5. The molecule has 1 aromatic rings. The number of nitrogens with zero attached hydrogens (tertiary/aromatic N) is 2. The third kappa shape index (κ3) is 2.34. The van der Waals surface area contributed by atoms with Crippen LogP contribution in [0.4, 0.5) is 0 Å². The van der Waals surface area contributed by atoms with Gasteiger partial charge in [-0.15, -0.1) is 0 Å². The Bertz CT molecular complexity index is 329. The monoisotopic (exact) mass is 196 g/mol. The van der Waals surface area contributed by atoms with Crippen LogP contribution >= 0.6 is 0 Å². The van der Waals surface area contributed by atoms with E-state index < -0.39 is 5.97 Å². The minimum absolute atomic E-state index is 0.00667. The summed E-state index contributed by atoms with van der Waals surface area (Å²) in [4.78, 5) is 10.5. The van der Waals surface area contributed by atoms with Crippen molar-refractivity contribution in [3.05, 3.63) is 17.5 Å². The SMILES string of the molecule is CCn1nc(CC(=O)O)cc1C(C)C. The molecule has 0 fully saturated rings. The molecule has 0 atom stereocenters. The molecule has 0 radical (unpaired) electrons. The molecule has 0 spiro atoms. The second kappa shape index (κ2) is 4.26. The quantitative estimate of drug-likeness (QED) is 0.796. The highest BCUT2D eigenvalue weighted by atomic mass is 16.4. The minimum atomic E-state index is -0.832. The molecule has 0 saturated heterocycles.